The van der Waals surface area contributed by atoms with E-state index in [9.17, 15) is 14.4 Å². The zero-order chi connectivity index (χ0) is 14.5. The Hall–Kier alpha value is -1.59. The summed E-state index contributed by atoms with van der Waals surface area (Å²) in [4.78, 5) is 34.2. The van der Waals surface area contributed by atoms with Gasteiger partial charge in [0.2, 0.25) is 11.8 Å². The number of rotatable bonds is 6. The Labute approximate surface area is 112 Å². The highest BCUT2D eigenvalue weighted by molar-refractivity contribution is 5.87. The van der Waals surface area contributed by atoms with Gasteiger partial charge in [-0.15, -0.1) is 0 Å². The van der Waals surface area contributed by atoms with E-state index in [1.165, 1.54) is 7.05 Å². The molecule has 0 aliphatic heterocycles. The van der Waals surface area contributed by atoms with Crippen LogP contribution in [-0.2, 0) is 14.4 Å². The number of hydrogen-bond donors (Lipinski definition) is 3. The van der Waals surface area contributed by atoms with Crippen molar-refractivity contribution in [1.29, 1.82) is 0 Å². The van der Waals surface area contributed by atoms with Crippen LogP contribution in [0.2, 0.25) is 0 Å². The third-order valence-electron chi connectivity index (χ3n) is 3.74. The predicted molar refractivity (Wildman–Crippen MR) is 69.4 cm³/mol. The summed E-state index contributed by atoms with van der Waals surface area (Å²) in [6, 6.07) is -0.596. The third kappa shape index (κ3) is 4.54. The van der Waals surface area contributed by atoms with Gasteiger partial charge in [-0.1, -0.05) is 12.8 Å². The van der Waals surface area contributed by atoms with E-state index in [2.05, 4.69) is 10.6 Å². The first kappa shape index (κ1) is 15.5. The Balaban J connectivity index is 2.57. The lowest BCUT2D eigenvalue weighted by atomic mass is 9.79. The van der Waals surface area contributed by atoms with Crippen molar-refractivity contribution >= 4 is 17.8 Å². The van der Waals surface area contributed by atoms with Crippen LogP contribution >= 0.6 is 0 Å². The monoisotopic (exact) mass is 270 g/mol. The van der Waals surface area contributed by atoms with Gasteiger partial charge in [0.1, 0.15) is 6.04 Å². The minimum atomic E-state index is -0.867. The Kier molecular flexibility index (Phi) is 5.32. The molecule has 1 aliphatic rings. The summed E-state index contributed by atoms with van der Waals surface area (Å²) in [5.41, 5.74) is -0.432. The number of carbonyl (C=O) groups is 3. The molecule has 1 rings (SSSR count). The van der Waals surface area contributed by atoms with E-state index < -0.39 is 17.4 Å². The van der Waals surface area contributed by atoms with Gasteiger partial charge in [-0.25, -0.2) is 0 Å². The molecule has 1 unspecified atom stereocenters. The summed E-state index contributed by atoms with van der Waals surface area (Å²) in [6.07, 6.45) is 3.66. The van der Waals surface area contributed by atoms with E-state index in [4.69, 9.17) is 5.11 Å². The lowest BCUT2D eigenvalue weighted by Crippen LogP contribution is -2.45. The summed E-state index contributed by atoms with van der Waals surface area (Å²) in [7, 11) is 1.51. The second kappa shape index (κ2) is 6.54. The van der Waals surface area contributed by atoms with E-state index in [0.717, 1.165) is 25.7 Å². The van der Waals surface area contributed by atoms with Gasteiger partial charge in [0.25, 0.3) is 0 Å². The van der Waals surface area contributed by atoms with E-state index in [-0.39, 0.29) is 24.7 Å². The van der Waals surface area contributed by atoms with E-state index in [1.807, 2.05) is 0 Å². The van der Waals surface area contributed by atoms with Crippen LogP contribution in [0.25, 0.3) is 0 Å². The number of hydrogen-bond acceptors (Lipinski definition) is 3. The molecule has 19 heavy (non-hydrogen) atoms. The fourth-order valence-electron chi connectivity index (χ4n) is 2.78. The third-order valence-corrected chi connectivity index (χ3v) is 3.74. The molecule has 2 amide bonds. The van der Waals surface area contributed by atoms with Crippen LogP contribution < -0.4 is 10.6 Å². The maximum absolute atomic E-state index is 11.9. The standard InChI is InChI=1S/C13H22N2O4/c1-9(12(19)14-2)15-10(16)7-13(8-11(17)18)5-3-4-6-13/h9H,3-8H2,1-2H3,(H,14,19)(H,15,16)(H,17,18). The molecule has 1 atom stereocenters. The van der Waals surface area contributed by atoms with E-state index in [1.54, 1.807) is 6.92 Å². The quantitative estimate of drug-likeness (QED) is 0.660. The molecule has 108 valence electrons. The van der Waals surface area contributed by atoms with Gasteiger partial charge in [0.15, 0.2) is 0 Å². The predicted octanol–water partition coefficient (Wildman–Crippen LogP) is 0.662. The Morgan fingerprint density at radius 1 is 1.21 bits per heavy atom. The Bertz CT molecular complexity index is 362. The highest BCUT2D eigenvalue weighted by atomic mass is 16.4. The molecule has 0 radical (unpaired) electrons. The van der Waals surface area contributed by atoms with E-state index in [0.29, 0.717) is 0 Å². The molecule has 1 fully saturated rings. The van der Waals surface area contributed by atoms with Crippen molar-refractivity contribution in [1.82, 2.24) is 10.6 Å². The number of carboxylic acid groups (broad SMARTS) is 1. The molecular formula is C13H22N2O4. The van der Waals surface area contributed by atoms with Crippen molar-refractivity contribution in [3.63, 3.8) is 0 Å². The van der Waals surface area contributed by atoms with Crippen molar-refractivity contribution in [2.75, 3.05) is 7.05 Å². The number of nitrogens with one attached hydrogen (secondary N) is 2. The SMILES string of the molecule is CNC(=O)C(C)NC(=O)CC1(CC(=O)O)CCCC1. The molecule has 0 bridgehead atoms. The van der Waals surface area contributed by atoms with Crippen molar-refractivity contribution in [3.8, 4) is 0 Å². The molecule has 1 saturated carbocycles. The van der Waals surface area contributed by atoms with Crippen LogP contribution in [0.1, 0.15) is 45.4 Å². The molecule has 6 nitrogen and oxygen atoms in total. The second-order valence-corrected chi connectivity index (χ2v) is 5.36. The van der Waals surface area contributed by atoms with Crippen LogP contribution in [0.5, 0.6) is 0 Å². The molecular weight excluding hydrogens is 248 g/mol. The molecule has 0 aromatic rings. The highest BCUT2D eigenvalue weighted by Gasteiger charge is 2.38. The maximum atomic E-state index is 11.9. The minimum absolute atomic E-state index is 0.0226. The highest BCUT2D eigenvalue weighted by Crippen LogP contribution is 2.43. The fourth-order valence-corrected chi connectivity index (χ4v) is 2.78. The number of carboxylic acids is 1. The first-order valence-electron chi connectivity index (χ1n) is 6.61. The molecule has 0 saturated heterocycles. The largest absolute Gasteiger partial charge is 0.481 e. The van der Waals surface area contributed by atoms with Crippen molar-refractivity contribution < 1.29 is 19.5 Å². The van der Waals surface area contributed by atoms with Gasteiger partial charge in [0.05, 0.1) is 6.42 Å². The first-order chi connectivity index (χ1) is 8.88. The number of aliphatic carboxylic acids is 1. The van der Waals surface area contributed by atoms with Gasteiger partial charge >= 0.3 is 5.97 Å². The minimum Gasteiger partial charge on any atom is -0.481 e. The van der Waals surface area contributed by atoms with Gasteiger partial charge in [-0.2, -0.15) is 0 Å². The summed E-state index contributed by atoms with van der Waals surface area (Å²) in [5, 5.41) is 14.0. The number of amides is 2. The van der Waals surface area contributed by atoms with Gasteiger partial charge in [-0.05, 0) is 25.2 Å². The smallest absolute Gasteiger partial charge is 0.303 e. The zero-order valence-electron chi connectivity index (χ0n) is 11.5. The second-order valence-electron chi connectivity index (χ2n) is 5.36. The summed E-state index contributed by atoms with van der Waals surface area (Å²) in [5.74, 6) is -1.37. The zero-order valence-corrected chi connectivity index (χ0v) is 11.5. The lowest BCUT2D eigenvalue weighted by molar-refractivity contribution is -0.140. The van der Waals surface area contributed by atoms with Gasteiger partial charge < -0.3 is 15.7 Å². The average Bonchev–Trinajstić information content (AvgIpc) is 2.74. The maximum Gasteiger partial charge on any atom is 0.303 e. The van der Waals surface area contributed by atoms with E-state index >= 15 is 0 Å². The van der Waals surface area contributed by atoms with Crippen LogP contribution in [0, 0.1) is 5.41 Å². The Morgan fingerprint density at radius 2 is 1.79 bits per heavy atom. The summed E-state index contributed by atoms with van der Waals surface area (Å²) >= 11 is 0. The van der Waals surface area contributed by atoms with Crippen LogP contribution in [0.3, 0.4) is 0 Å². The number of likely N-dealkylation sites (N-methyl/N-ethyl adjacent to an activating group) is 1. The first-order valence-corrected chi connectivity index (χ1v) is 6.61. The number of carbonyl (C=O) groups excluding carboxylic acids is 2. The molecule has 0 aromatic heterocycles. The topological polar surface area (TPSA) is 95.5 Å². The lowest BCUT2D eigenvalue weighted by Gasteiger charge is -2.27. The molecule has 3 N–H and O–H groups in total. The molecule has 1 aliphatic carbocycles. The molecule has 6 heteroatoms. The van der Waals surface area contributed by atoms with Crippen LogP contribution in [0.4, 0.5) is 0 Å². The molecule has 0 heterocycles. The summed E-state index contributed by atoms with van der Waals surface area (Å²) < 4.78 is 0. The van der Waals surface area contributed by atoms with Crippen molar-refractivity contribution in [2.45, 2.75) is 51.5 Å². The molecule has 0 aromatic carbocycles. The van der Waals surface area contributed by atoms with Crippen LogP contribution in [-0.4, -0.2) is 36.0 Å². The average molecular weight is 270 g/mol. The van der Waals surface area contributed by atoms with Crippen molar-refractivity contribution in [2.24, 2.45) is 5.41 Å². The van der Waals surface area contributed by atoms with Crippen LogP contribution in [0.15, 0.2) is 0 Å². The normalized spacial score (nSPS) is 18.6. The Morgan fingerprint density at radius 3 is 2.26 bits per heavy atom. The van der Waals surface area contributed by atoms with Gasteiger partial charge in [-0.3, -0.25) is 14.4 Å². The molecule has 0 spiro atoms. The summed E-state index contributed by atoms with van der Waals surface area (Å²) in [6.45, 7) is 1.61. The van der Waals surface area contributed by atoms with Gasteiger partial charge in [0, 0.05) is 13.5 Å². The fraction of sp³-hybridized carbons (Fsp3) is 0.769. The van der Waals surface area contributed by atoms with Crippen molar-refractivity contribution in [3.05, 3.63) is 0 Å².